The minimum Gasteiger partial charge on any atom is -0.462 e. The number of rotatable bonds is 3. The number of hydrogen-bond acceptors (Lipinski definition) is 9. The van der Waals surface area contributed by atoms with Crippen molar-refractivity contribution in [3.05, 3.63) is 47.7 Å². The lowest BCUT2D eigenvalue weighted by Crippen LogP contribution is -2.61. The zero-order valence-corrected chi connectivity index (χ0v) is 29.3. The van der Waals surface area contributed by atoms with E-state index in [9.17, 15) is 24.0 Å². The van der Waals surface area contributed by atoms with Gasteiger partial charge in [0, 0.05) is 11.9 Å². The fourth-order valence-electron chi connectivity index (χ4n) is 6.55. The van der Waals surface area contributed by atoms with E-state index in [4.69, 9.17) is 14.5 Å². The molecule has 0 radical (unpaired) electrons. The summed E-state index contributed by atoms with van der Waals surface area (Å²) in [4.78, 5) is 71.7. The van der Waals surface area contributed by atoms with Gasteiger partial charge in [-0.3, -0.25) is 34.0 Å². The molecule has 1 unspecified atom stereocenters. The Kier molecular flexibility index (Phi) is 11.1. The molecule has 4 atom stereocenters. The van der Waals surface area contributed by atoms with Gasteiger partial charge in [-0.2, -0.15) is 0 Å². The van der Waals surface area contributed by atoms with Gasteiger partial charge in [0.2, 0.25) is 5.91 Å². The lowest BCUT2D eigenvalue weighted by molar-refractivity contribution is -0.170. The molecule has 5 rings (SSSR count). The van der Waals surface area contributed by atoms with E-state index in [1.807, 2.05) is 49.4 Å². The first kappa shape index (κ1) is 36.0. The highest BCUT2D eigenvalue weighted by atomic mass is 16.6. The average molecular weight is 676 g/mol. The van der Waals surface area contributed by atoms with Crippen molar-refractivity contribution in [2.75, 3.05) is 6.54 Å². The van der Waals surface area contributed by atoms with Crippen LogP contribution in [0.3, 0.4) is 0 Å². The highest BCUT2D eigenvalue weighted by molar-refractivity contribution is 5.92. The van der Waals surface area contributed by atoms with Crippen molar-refractivity contribution in [3.63, 3.8) is 0 Å². The van der Waals surface area contributed by atoms with E-state index in [0.717, 1.165) is 16.5 Å². The van der Waals surface area contributed by atoms with Crippen LogP contribution in [0.15, 0.2) is 36.4 Å². The van der Waals surface area contributed by atoms with Crippen molar-refractivity contribution in [2.45, 2.75) is 110 Å². The zero-order valence-electron chi connectivity index (χ0n) is 29.3. The number of nitrogens with one attached hydrogen (secondary N) is 3. The molecule has 2 aromatic rings. The van der Waals surface area contributed by atoms with Crippen LogP contribution in [0.5, 0.6) is 0 Å². The molecule has 2 aliphatic heterocycles. The number of pyridine rings is 1. The van der Waals surface area contributed by atoms with Crippen molar-refractivity contribution >= 4 is 46.6 Å². The minimum absolute atomic E-state index is 0.253. The summed E-state index contributed by atoms with van der Waals surface area (Å²) in [6.45, 7) is 10.9. The average Bonchev–Trinajstić information content (AvgIpc) is 3.08. The second-order valence-corrected chi connectivity index (χ2v) is 14.3. The lowest BCUT2D eigenvalue weighted by atomic mass is 9.72. The number of cyclic esters (lactones) is 1. The van der Waals surface area contributed by atoms with Crippen LogP contribution in [0.25, 0.3) is 17.0 Å². The van der Waals surface area contributed by atoms with E-state index in [-0.39, 0.29) is 29.8 Å². The molecule has 5 bridgehead atoms. The monoisotopic (exact) mass is 675 g/mol. The SMILES string of the molecule is CC(C)C(=O)OC1CCC2(C=Cc3ccc4ccc(nc4c3)[C@@H](C)NC(=O)C3CCCN(N3)C(=O)[C@H](C)NC(=O)[C@H](C(C)C)OC2=O)CC1. The van der Waals surface area contributed by atoms with E-state index >= 15 is 0 Å². The normalized spacial score (nSPS) is 28.8. The Balaban J connectivity index is 1.51. The molecule has 2 fully saturated rings. The summed E-state index contributed by atoms with van der Waals surface area (Å²) in [5, 5.41) is 8.07. The summed E-state index contributed by atoms with van der Waals surface area (Å²) in [6.07, 6.45) is 4.99. The predicted octanol–water partition coefficient (Wildman–Crippen LogP) is 4.14. The molecule has 1 aromatic heterocycles. The molecule has 49 heavy (non-hydrogen) atoms. The topological polar surface area (TPSA) is 156 Å². The maximum Gasteiger partial charge on any atom is 0.316 e. The Morgan fingerprint density at radius 1 is 0.959 bits per heavy atom. The fourth-order valence-corrected chi connectivity index (χ4v) is 6.55. The Morgan fingerprint density at radius 2 is 1.65 bits per heavy atom. The molecule has 3 heterocycles. The first-order chi connectivity index (χ1) is 23.3. The molecule has 3 N–H and O–H groups in total. The number of hydrogen-bond donors (Lipinski definition) is 3. The van der Waals surface area contributed by atoms with Crippen molar-refractivity contribution in [1.82, 2.24) is 26.1 Å². The molecule has 12 nitrogen and oxygen atoms in total. The Morgan fingerprint density at radius 3 is 2.35 bits per heavy atom. The maximum absolute atomic E-state index is 14.2. The van der Waals surface area contributed by atoms with Gasteiger partial charge in [0.05, 0.1) is 28.6 Å². The number of hydrazine groups is 1. The summed E-state index contributed by atoms with van der Waals surface area (Å²) in [7, 11) is 0. The number of amides is 3. The largest absolute Gasteiger partial charge is 0.462 e. The van der Waals surface area contributed by atoms with Crippen molar-refractivity contribution in [1.29, 1.82) is 0 Å². The van der Waals surface area contributed by atoms with Gasteiger partial charge in [0.1, 0.15) is 18.2 Å². The first-order valence-electron chi connectivity index (χ1n) is 17.5. The number of carbonyl (C=O) groups excluding carboxylic acids is 5. The molecule has 1 spiro atoms. The zero-order chi connectivity index (χ0) is 35.5. The second-order valence-electron chi connectivity index (χ2n) is 14.3. The lowest BCUT2D eigenvalue weighted by Gasteiger charge is -2.37. The molecule has 1 saturated heterocycles. The summed E-state index contributed by atoms with van der Waals surface area (Å²) < 4.78 is 11.7. The quantitative estimate of drug-likeness (QED) is 0.407. The highest BCUT2D eigenvalue weighted by Gasteiger charge is 2.44. The highest BCUT2D eigenvalue weighted by Crippen LogP contribution is 2.41. The summed E-state index contributed by atoms with van der Waals surface area (Å²) in [5.41, 5.74) is 4.19. The second kappa shape index (κ2) is 15.1. The van der Waals surface area contributed by atoms with Crippen LogP contribution >= 0.6 is 0 Å². The molecule has 1 saturated carbocycles. The molecule has 3 aliphatic rings. The standard InChI is InChI=1S/C37H49N5O7/c1-21(2)31-33(44)39-24(6)34(45)42-19-7-8-29(41-42)32(43)38-23(5)28-12-11-26-10-9-25(20-30(26)40-28)13-16-37(36(47)49-31)17-14-27(15-18-37)48-35(46)22(3)4/h9-13,16,20-24,27,29,31,41H,7-8,14-15,17-19H2,1-6H3,(H,38,43)(H,39,44)/t23-,24+,27?,29?,31+,37?/m1/s1. The van der Waals surface area contributed by atoms with E-state index in [2.05, 4.69) is 16.1 Å². The third-order valence-electron chi connectivity index (χ3n) is 9.72. The predicted molar refractivity (Wildman–Crippen MR) is 183 cm³/mol. The van der Waals surface area contributed by atoms with Gasteiger partial charge in [0.25, 0.3) is 11.8 Å². The smallest absolute Gasteiger partial charge is 0.316 e. The van der Waals surface area contributed by atoms with Crippen LogP contribution in [0.2, 0.25) is 0 Å². The first-order valence-corrected chi connectivity index (χ1v) is 17.5. The van der Waals surface area contributed by atoms with Crippen LogP contribution in [-0.2, 0) is 33.4 Å². The van der Waals surface area contributed by atoms with Crippen LogP contribution in [-0.4, -0.2) is 70.5 Å². The summed E-state index contributed by atoms with van der Waals surface area (Å²) in [5.74, 6) is -2.71. The van der Waals surface area contributed by atoms with Crippen molar-refractivity contribution < 1.29 is 33.4 Å². The van der Waals surface area contributed by atoms with E-state index < -0.39 is 47.4 Å². The van der Waals surface area contributed by atoms with Crippen molar-refractivity contribution in [2.24, 2.45) is 17.3 Å². The maximum atomic E-state index is 14.2. The number of ether oxygens (including phenoxy) is 2. The van der Waals surface area contributed by atoms with Gasteiger partial charge >= 0.3 is 11.9 Å². The van der Waals surface area contributed by atoms with Gasteiger partial charge in [-0.25, -0.2) is 5.43 Å². The molecule has 264 valence electrons. The Hall–Kier alpha value is -4.32. The van der Waals surface area contributed by atoms with E-state index in [1.54, 1.807) is 34.6 Å². The Bertz CT molecular complexity index is 1610. The van der Waals surface area contributed by atoms with Gasteiger partial charge in [-0.1, -0.05) is 58.0 Å². The number of carbonyl (C=O) groups is 5. The molecular weight excluding hydrogens is 626 g/mol. The fraction of sp³-hybridized carbons (Fsp3) is 0.568. The van der Waals surface area contributed by atoms with Crippen LogP contribution in [0.4, 0.5) is 0 Å². The van der Waals surface area contributed by atoms with Gasteiger partial charge < -0.3 is 20.1 Å². The summed E-state index contributed by atoms with van der Waals surface area (Å²) >= 11 is 0. The van der Waals surface area contributed by atoms with Gasteiger partial charge in [-0.05, 0) is 76.0 Å². The van der Waals surface area contributed by atoms with Crippen LogP contribution < -0.4 is 16.1 Å². The molecule has 1 aromatic carbocycles. The van der Waals surface area contributed by atoms with Crippen LogP contribution in [0, 0.1) is 17.3 Å². The third-order valence-corrected chi connectivity index (χ3v) is 9.72. The number of fused-ring (bicyclic) bond motifs is 4. The van der Waals surface area contributed by atoms with Crippen LogP contribution in [0.1, 0.15) is 97.4 Å². The molecule has 12 heteroatoms. The third kappa shape index (κ3) is 8.29. The van der Waals surface area contributed by atoms with Crippen molar-refractivity contribution in [3.8, 4) is 0 Å². The number of nitrogens with zero attached hydrogens (tertiary/aromatic N) is 2. The van der Waals surface area contributed by atoms with Gasteiger partial charge in [-0.15, -0.1) is 0 Å². The number of aromatic nitrogens is 1. The van der Waals surface area contributed by atoms with Gasteiger partial charge in [0.15, 0.2) is 6.10 Å². The number of benzene rings is 1. The Labute approximate surface area is 287 Å². The molecule has 1 aliphatic carbocycles. The minimum atomic E-state index is -1.16. The van der Waals surface area contributed by atoms with E-state index in [1.165, 1.54) is 5.01 Å². The summed E-state index contributed by atoms with van der Waals surface area (Å²) in [6, 6.07) is 7.68. The molecule has 3 amide bonds. The molecular formula is C37H49N5O7. The van der Waals surface area contributed by atoms with E-state index in [0.29, 0.717) is 50.8 Å². The number of esters is 2.